The SMILES string of the molecule is CON(C)C(=O)c1cnn(Cc2ccc(F)cc2F)c1C. The van der Waals surface area contributed by atoms with Gasteiger partial charge in [-0.25, -0.2) is 13.8 Å². The van der Waals surface area contributed by atoms with Crippen LogP contribution < -0.4 is 0 Å². The van der Waals surface area contributed by atoms with Gasteiger partial charge in [0.1, 0.15) is 11.6 Å². The molecule has 0 aliphatic carbocycles. The summed E-state index contributed by atoms with van der Waals surface area (Å²) < 4.78 is 28.0. The van der Waals surface area contributed by atoms with E-state index >= 15 is 0 Å². The Bertz CT molecular complexity index is 670. The van der Waals surface area contributed by atoms with Gasteiger partial charge >= 0.3 is 0 Å². The molecule has 0 unspecified atom stereocenters. The number of amides is 1. The fourth-order valence-corrected chi connectivity index (χ4v) is 1.88. The summed E-state index contributed by atoms with van der Waals surface area (Å²) in [6, 6.07) is 3.36. The molecule has 0 bridgehead atoms. The van der Waals surface area contributed by atoms with Crippen LogP contribution in [0.5, 0.6) is 0 Å². The summed E-state index contributed by atoms with van der Waals surface area (Å²) >= 11 is 0. The molecule has 1 heterocycles. The first kappa shape index (κ1) is 15.1. The van der Waals surface area contributed by atoms with Gasteiger partial charge in [-0.2, -0.15) is 5.10 Å². The molecule has 5 nitrogen and oxygen atoms in total. The molecule has 2 rings (SSSR count). The van der Waals surface area contributed by atoms with E-state index in [0.29, 0.717) is 16.8 Å². The minimum Gasteiger partial charge on any atom is -0.274 e. The van der Waals surface area contributed by atoms with Crippen LogP contribution in [0.25, 0.3) is 0 Å². The van der Waals surface area contributed by atoms with Crippen LogP contribution in [-0.2, 0) is 11.4 Å². The van der Waals surface area contributed by atoms with Crippen molar-refractivity contribution in [2.24, 2.45) is 0 Å². The summed E-state index contributed by atoms with van der Waals surface area (Å²) in [7, 11) is 2.87. The number of nitrogens with zero attached hydrogens (tertiary/aromatic N) is 3. The third-order valence-electron chi connectivity index (χ3n) is 3.23. The quantitative estimate of drug-likeness (QED) is 0.812. The van der Waals surface area contributed by atoms with Crippen molar-refractivity contribution in [3.63, 3.8) is 0 Å². The minimum absolute atomic E-state index is 0.113. The zero-order valence-electron chi connectivity index (χ0n) is 11.9. The Labute approximate surface area is 120 Å². The van der Waals surface area contributed by atoms with E-state index in [2.05, 4.69) is 5.10 Å². The predicted octanol–water partition coefficient (Wildman–Crippen LogP) is 2.15. The molecule has 2 aromatic rings. The molecule has 0 aliphatic rings. The summed E-state index contributed by atoms with van der Waals surface area (Å²) in [6.45, 7) is 1.81. The smallest absolute Gasteiger partial charge is 0.274 e. The van der Waals surface area contributed by atoms with Gasteiger partial charge in [0.05, 0.1) is 25.4 Å². The zero-order valence-corrected chi connectivity index (χ0v) is 11.9. The maximum absolute atomic E-state index is 13.6. The first-order chi connectivity index (χ1) is 9.93. The number of hydrogen-bond donors (Lipinski definition) is 0. The summed E-state index contributed by atoms with van der Waals surface area (Å²) in [5, 5.41) is 5.14. The summed E-state index contributed by atoms with van der Waals surface area (Å²) in [6.07, 6.45) is 1.40. The molecule has 0 atom stereocenters. The Kier molecular flexibility index (Phi) is 4.32. The molecule has 7 heteroatoms. The van der Waals surface area contributed by atoms with E-state index in [1.165, 1.54) is 37.2 Å². The Balaban J connectivity index is 2.26. The summed E-state index contributed by atoms with van der Waals surface area (Å²) in [5.41, 5.74) is 1.23. The van der Waals surface area contributed by atoms with Gasteiger partial charge in [0.15, 0.2) is 0 Å². The highest BCUT2D eigenvalue weighted by atomic mass is 19.1. The standard InChI is InChI=1S/C14H15F2N3O2/c1-9-12(14(20)18(2)21-3)7-17-19(9)8-10-4-5-11(15)6-13(10)16/h4-7H,8H2,1-3H3. The van der Waals surface area contributed by atoms with Gasteiger partial charge in [0.2, 0.25) is 0 Å². The van der Waals surface area contributed by atoms with E-state index in [9.17, 15) is 13.6 Å². The molecule has 0 spiro atoms. The lowest BCUT2D eigenvalue weighted by Gasteiger charge is -2.13. The second kappa shape index (κ2) is 6.01. The van der Waals surface area contributed by atoms with Crippen LogP contribution in [-0.4, -0.2) is 34.9 Å². The van der Waals surface area contributed by atoms with Crippen LogP contribution in [0.2, 0.25) is 0 Å². The largest absolute Gasteiger partial charge is 0.280 e. The number of carbonyl (C=O) groups excluding carboxylic acids is 1. The maximum atomic E-state index is 13.6. The Morgan fingerprint density at radius 2 is 2.14 bits per heavy atom. The van der Waals surface area contributed by atoms with Gasteiger partial charge in [0.25, 0.3) is 5.91 Å². The number of halogens is 2. The fraction of sp³-hybridized carbons (Fsp3) is 0.286. The molecule has 0 saturated carbocycles. The van der Waals surface area contributed by atoms with Gasteiger partial charge < -0.3 is 0 Å². The van der Waals surface area contributed by atoms with E-state index in [-0.39, 0.29) is 12.5 Å². The normalized spacial score (nSPS) is 10.7. The van der Waals surface area contributed by atoms with Crippen molar-refractivity contribution in [2.75, 3.05) is 14.2 Å². The summed E-state index contributed by atoms with van der Waals surface area (Å²) in [4.78, 5) is 16.8. The van der Waals surface area contributed by atoms with Crippen LogP contribution in [0.3, 0.4) is 0 Å². The van der Waals surface area contributed by atoms with Gasteiger partial charge in [-0.05, 0) is 13.0 Å². The summed E-state index contributed by atoms with van der Waals surface area (Å²) in [5.74, 6) is -1.63. The molecule has 0 aliphatic heterocycles. The molecule has 0 radical (unpaired) electrons. The molecule has 112 valence electrons. The third kappa shape index (κ3) is 3.08. The lowest BCUT2D eigenvalue weighted by Crippen LogP contribution is -2.25. The lowest BCUT2D eigenvalue weighted by atomic mass is 10.2. The van der Waals surface area contributed by atoms with E-state index < -0.39 is 11.6 Å². The van der Waals surface area contributed by atoms with Crippen LogP contribution in [0.15, 0.2) is 24.4 Å². The average molecular weight is 295 g/mol. The minimum atomic E-state index is -0.646. The molecular formula is C14H15F2N3O2. The highest BCUT2D eigenvalue weighted by Gasteiger charge is 2.18. The molecule has 1 aromatic heterocycles. The topological polar surface area (TPSA) is 47.4 Å². The third-order valence-corrected chi connectivity index (χ3v) is 3.23. The number of hydrogen-bond acceptors (Lipinski definition) is 3. The Morgan fingerprint density at radius 1 is 1.43 bits per heavy atom. The molecule has 21 heavy (non-hydrogen) atoms. The monoisotopic (exact) mass is 295 g/mol. The average Bonchev–Trinajstić information content (AvgIpc) is 2.81. The van der Waals surface area contributed by atoms with Gasteiger partial charge in [0, 0.05) is 24.4 Å². The highest BCUT2D eigenvalue weighted by Crippen LogP contribution is 2.15. The second-order valence-electron chi connectivity index (χ2n) is 4.52. The van der Waals surface area contributed by atoms with E-state index in [1.807, 2.05) is 0 Å². The van der Waals surface area contributed by atoms with Crippen molar-refractivity contribution < 1.29 is 18.4 Å². The molecule has 1 amide bonds. The number of rotatable bonds is 4. The van der Waals surface area contributed by atoms with Crippen LogP contribution in [0, 0.1) is 18.6 Å². The second-order valence-corrected chi connectivity index (χ2v) is 4.52. The van der Waals surface area contributed by atoms with Gasteiger partial charge in [-0.3, -0.25) is 14.3 Å². The fourth-order valence-electron chi connectivity index (χ4n) is 1.88. The molecule has 0 N–H and O–H groups in total. The van der Waals surface area contributed by atoms with E-state index in [0.717, 1.165) is 11.1 Å². The van der Waals surface area contributed by atoms with Crippen molar-refractivity contribution in [1.29, 1.82) is 0 Å². The predicted molar refractivity (Wildman–Crippen MR) is 71.5 cm³/mol. The van der Waals surface area contributed by atoms with Crippen molar-refractivity contribution in [3.05, 3.63) is 52.9 Å². The molecule has 1 aromatic carbocycles. The molecular weight excluding hydrogens is 280 g/mol. The van der Waals surface area contributed by atoms with Gasteiger partial charge in [-0.1, -0.05) is 6.07 Å². The molecule has 0 saturated heterocycles. The number of carbonyl (C=O) groups is 1. The Hall–Kier alpha value is -2.28. The van der Waals surface area contributed by atoms with Crippen molar-refractivity contribution in [3.8, 4) is 0 Å². The van der Waals surface area contributed by atoms with Crippen molar-refractivity contribution >= 4 is 5.91 Å². The van der Waals surface area contributed by atoms with Gasteiger partial charge in [-0.15, -0.1) is 0 Å². The highest BCUT2D eigenvalue weighted by molar-refractivity contribution is 5.94. The first-order valence-electron chi connectivity index (χ1n) is 6.22. The Morgan fingerprint density at radius 3 is 2.76 bits per heavy atom. The van der Waals surface area contributed by atoms with E-state index in [4.69, 9.17) is 4.84 Å². The van der Waals surface area contributed by atoms with Crippen LogP contribution >= 0.6 is 0 Å². The zero-order chi connectivity index (χ0) is 15.6. The number of hydroxylamine groups is 2. The number of aromatic nitrogens is 2. The molecule has 0 fully saturated rings. The van der Waals surface area contributed by atoms with E-state index in [1.54, 1.807) is 6.92 Å². The maximum Gasteiger partial charge on any atom is 0.280 e. The number of benzene rings is 1. The van der Waals surface area contributed by atoms with Crippen molar-refractivity contribution in [1.82, 2.24) is 14.8 Å². The lowest BCUT2D eigenvalue weighted by molar-refractivity contribution is -0.0757. The van der Waals surface area contributed by atoms with Crippen LogP contribution in [0.1, 0.15) is 21.6 Å². The van der Waals surface area contributed by atoms with Crippen molar-refractivity contribution in [2.45, 2.75) is 13.5 Å². The first-order valence-corrected chi connectivity index (χ1v) is 6.22. The van der Waals surface area contributed by atoms with Crippen LogP contribution in [0.4, 0.5) is 8.78 Å².